The fraction of sp³-hybridized carbons (Fsp3) is 0.579. The first-order valence-electron chi connectivity index (χ1n) is 9.27. The van der Waals surface area contributed by atoms with E-state index in [9.17, 15) is 0 Å². The van der Waals surface area contributed by atoms with Crippen LogP contribution < -0.4 is 10.6 Å². The van der Waals surface area contributed by atoms with Crippen LogP contribution >= 0.6 is 0 Å². The fourth-order valence-electron chi connectivity index (χ4n) is 2.73. The molecule has 2 aromatic rings. The van der Waals surface area contributed by atoms with Crippen LogP contribution in [0.4, 0.5) is 0 Å². The third-order valence-corrected chi connectivity index (χ3v) is 4.16. The maximum Gasteiger partial charge on any atom is 0.191 e. The number of aryl methyl sites for hydroxylation is 1. The van der Waals surface area contributed by atoms with Gasteiger partial charge in [0.25, 0.3) is 0 Å². The van der Waals surface area contributed by atoms with Crippen molar-refractivity contribution in [3.05, 3.63) is 35.8 Å². The number of pyridine rings is 1. The van der Waals surface area contributed by atoms with Crippen LogP contribution in [-0.4, -0.2) is 67.2 Å². The maximum atomic E-state index is 5.09. The molecule has 0 amide bonds. The van der Waals surface area contributed by atoms with E-state index in [1.165, 1.54) is 5.69 Å². The monoisotopic (exact) mass is 360 g/mol. The van der Waals surface area contributed by atoms with Crippen LogP contribution in [0.15, 0.2) is 29.4 Å². The van der Waals surface area contributed by atoms with Gasteiger partial charge in [-0.1, -0.05) is 6.07 Å². The third-order valence-electron chi connectivity index (χ3n) is 4.16. The summed E-state index contributed by atoms with van der Waals surface area (Å²) in [6, 6.07) is 6.12. The highest BCUT2D eigenvalue weighted by atomic mass is 16.5. The molecule has 0 radical (unpaired) electrons. The van der Waals surface area contributed by atoms with Gasteiger partial charge in [0.2, 0.25) is 0 Å². The number of nitrogens with one attached hydrogen (secondary N) is 2. The Morgan fingerprint density at radius 2 is 2.15 bits per heavy atom. The van der Waals surface area contributed by atoms with Gasteiger partial charge in [-0.3, -0.25) is 0 Å². The highest BCUT2D eigenvalue weighted by Crippen LogP contribution is 2.09. The van der Waals surface area contributed by atoms with E-state index < -0.39 is 0 Å². The molecule has 0 saturated carbocycles. The molecule has 26 heavy (non-hydrogen) atoms. The van der Waals surface area contributed by atoms with Crippen LogP contribution in [-0.2, 0) is 11.3 Å². The van der Waals surface area contributed by atoms with Crippen molar-refractivity contribution in [1.29, 1.82) is 0 Å². The number of rotatable bonds is 10. The number of aromatic nitrogens is 2. The van der Waals surface area contributed by atoms with Crippen molar-refractivity contribution in [2.45, 2.75) is 26.8 Å². The molecule has 0 spiro atoms. The molecular formula is C19H32N6O. The summed E-state index contributed by atoms with van der Waals surface area (Å²) in [5, 5.41) is 6.68. The van der Waals surface area contributed by atoms with E-state index in [-0.39, 0.29) is 0 Å². The van der Waals surface area contributed by atoms with Crippen molar-refractivity contribution in [2.75, 3.05) is 46.9 Å². The van der Waals surface area contributed by atoms with Crippen molar-refractivity contribution in [3.8, 4) is 0 Å². The normalized spacial score (nSPS) is 12.1. The molecule has 0 bridgehead atoms. The second-order valence-electron chi connectivity index (χ2n) is 6.40. The van der Waals surface area contributed by atoms with Crippen molar-refractivity contribution in [2.24, 2.45) is 4.99 Å². The fourth-order valence-corrected chi connectivity index (χ4v) is 2.73. The Morgan fingerprint density at radius 1 is 1.31 bits per heavy atom. The topological polar surface area (TPSA) is 66.2 Å². The summed E-state index contributed by atoms with van der Waals surface area (Å²) in [6.07, 6.45) is 3.11. The number of methoxy groups -OCH3 is 1. The first-order chi connectivity index (χ1) is 12.6. The molecule has 7 nitrogen and oxygen atoms in total. The largest absolute Gasteiger partial charge is 0.385 e. The molecule has 0 aliphatic carbocycles. The lowest BCUT2D eigenvalue weighted by atomic mass is 10.4. The second-order valence-corrected chi connectivity index (χ2v) is 6.40. The SMILES string of the molecule is CCNC(=NCc1cn2c(C)cccc2n1)NCCN(C)CCCOC. The smallest absolute Gasteiger partial charge is 0.191 e. The Balaban J connectivity index is 1.86. The highest BCUT2D eigenvalue weighted by molar-refractivity contribution is 5.79. The van der Waals surface area contributed by atoms with Gasteiger partial charge in [-0.15, -0.1) is 0 Å². The standard InChI is InChI=1S/C19H32N6O/c1-5-20-19(21-10-12-24(3)11-7-13-26-4)22-14-17-15-25-16(2)8-6-9-18(25)23-17/h6,8-9,15H,5,7,10-14H2,1-4H3,(H2,20,21,22). The number of hydrogen-bond donors (Lipinski definition) is 2. The molecule has 0 saturated heterocycles. The summed E-state index contributed by atoms with van der Waals surface area (Å²) in [5.41, 5.74) is 3.10. The molecule has 2 aromatic heterocycles. The molecule has 2 rings (SSSR count). The molecule has 7 heteroatoms. The van der Waals surface area contributed by atoms with Crippen molar-refractivity contribution in [3.63, 3.8) is 0 Å². The zero-order valence-corrected chi connectivity index (χ0v) is 16.5. The summed E-state index contributed by atoms with van der Waals surface area (Å²) < 4.78 is 7.19. The van der Waals surface area contributed by atoms with Gasteiger partial charge in [-0.2, -0.15) is 0 Å². The average Bonchev–Trinajstić information content (AvgIpc) is 3.04. The number of ether oxygens (including phenoxy) is 1. The van der Waals surface area contributed by atoms with Gasteiger partial charge in [0, 0.05) is 51.8 Å². The molecule has 2 N–H and O–H groups in total. The molecule has 0 fully saturated rings. The van der Waals surface area contributed by atoms with Crippen LogP contribution in [0.25, 0.3) is 5.65 Å². The Morgan fingerprint density at radius 3 is 2.88 bits per heavy atom. The summed E-state index contributed by atoms with van der Waals surface area (Å²) in [4.78, 5) is 11.6. The molecular weight excluding hydrogens is 328 g/mol. The number of nitrogens with zero attached hydrogens (tertiary/aromatic N) is 4. The highest BCUT2D eigenvalue weighted by Gasteiger charge is 2.04. The van der Waals surface area contributed by atoms with Crippen LogP contribution in [0, 0.1) is 6.92 Å². The van der Waals surface area contributed by atoms with Gasteiger partial charge in [0.05, 0.1) is 12.2 Å². The van der Waals surface area contributed by atoms with E-state index >= 15 is 0 Å². The zero-order valence-electron chi connectivity index (χ0n) is 16.5. The Bertz CT molecular complexity index is 696. The quantitative estimate of drug-likeness (QED) is 0.383. The average molecular weight is 361 g/mol. The Hall–Kier alpha value is -2.12. The summed E-state index contributed by atoms with van der Waals surface area (Å²) >= 11 is 0. The number of hydrogen-bond acceptors (Lipinski definition) is 4. The molecule has 0 aliphatic heterocycles. The van der Waals surface area contributed by atoms with Crippen LogP contribution in [0.2, 0.25) is 0 Å². The number of guanidine groups is 1. The number of fused-ring (bicyclic) bond motifs is 1. The lowest BCUT2D eigenvalue weighted by Gasteiger charge is -2.18. The van der Waals surface area contributed by atoms with Gasteiger partial charge in [0.15, 0.2) is 5.96 Å². The van der Waals surface area contributed by atoms with E-state index in [0.717, 1.165) is 56.5 Å². The molecule has 2 heterocycles. The number of aliphatic imine (C=N–C) groups is 1. The first-order valence-corrected chi connectivity index (χ1v) is 9.27. The second kappa shape index (κ2) is 10.8. The van der Waals surface area contributed by atoms with Gasteiger partial charge < -0.3 is 24.7 Å². The summed E-state index contributed by atoms with van der Waals surface area (Å²) in [6.45, 7) is 9.18. The molecule has 0 unspecified atom stereocenters. The predicted molar refractivity (Wildman–Crippen MR) is 107 cm³/mol. The van der Waals surface area contributed by atoms with E-state index in [1.54, 1.807) is 7.11 Å². The van der Waals surface area contributed by atoms with Gasteiger partial charge in [0.1, 0.15) is 5.65 Å². The minimum absolute atomic E-state index is 0.556. The van der Waals surface area contributed by atoms with Gasteiger partial charge in [-0.05, 0) is 39.4 Å². The molecule has 0 aromatic carbocycles. The summed E-state index contributed by atoms with van der Waals surface area (Å²) in [5.74, 6) is 0.826. The lowest BCUT2D eigenvalue weighted by Crippen LogP contribution is -2.41. The number of imidazole rings is 1. The predicted octanol–water partition coefficient (Wildman–Crippen LogP) is 1.67. The number of likely N-dealkylation sites (N-methyl/N-ethyl adjacent to an activating group) is 1. The molecule has 0 atom stereocenters. The van der Waals surface area contributed by atoms with Crippen LogP contribution in [0.3, 0.4) is 0 Å². The van der Waals surface area contributed by atoms with E-state index in [4.69, 9.17) is 4.74 Å². The Kier molecular flexibility index (Phi) is 8.37. The zero-order chi connectivity index (χ0) is 18.8. The molecule has 144 valence electrons. The summed E-state index contributed by atoms with van der Waals surface area (Å²) in [7, 11) is 3.87. The van der Waals surface area contributed by atoms with E-state index in [1.807, 2.05) is 12.1 Å². The van der Waals surface area contributed by atoms with Crippen molar-refractivity contribution < 1.29 is 4.74 Å². The van der Waals surface area contributed by atoms with Crippen molar-refractivity contribution >= 4 is 11.6 Å². The van der Waals surface area contributed by atoms with E-state index in [0.29, 0.717) is 6.54 Å². The Labute approximate surface area is 156 Å². The maximum absolute atomic E-state index is 5.09. The van der Waals surface area contributed by atoms with Crippen LogP contribution in [0.5, 0.6) is 0 Å². The third kappa shape index (κ3) is 6.31. The minimum Gasteiger partial charge on any atom is -0.385 e. The van der Waals surface area contributed by atoms with Gasteiger partial charge >= 0.3 is 0 Å². The van der Waals surface area contributed by atoms with Crippen molar-refractivity contribution in [1.82, 2.24) is 24.9 Å². The first kappa shape index (κ1) is 20.2. The lowest BCUT2D eigenvalue weighted by molar-refractivity contribution is 0.180. The minimum atomic E-state index is 0.556. The van der Waals surface area contributed by atoms with Crippen LogP contribution in [0.1, 0.15) is 24.7 Å². The molecule has 0 aliphatic rings. The van der Waals surface area contributed by atoms with E-state index in [2.05, 4.69) is 63.1 Å². The van der Waals surface area contributed by atoms with Gasteiger partial charge in [-0.25, -0.2) is 9.98 Å².